The second-order valence-electron chi connectivity index (χ2n) is 15.0. The lowest BCUT2D eigenvalue weighted by atomic mass is 9.32. The number of hydrogen-bond donors (Lipinski definition) is 2. The first-order valence-corrected chi connectivity index (χ1v) is 13.8. The molecule has 0 bridgehead atoms. The molecule has 0 aromatic rings. The van der Waals surface area contributed by atoms with Gasteiger partial charge in [0.2, 0.25) is 0 Å². The third kappa shape index (κ3) is 2.72. The van der Waals surface area contributed by atoms with Gasteiger partial charge in [-0.1, -0.05) is 60.1 Å². The maximum absolute atomic E-state index is 10.9. The maximum atomic E-state index is 10.9. The third-order valence-corrected chi connectivity index (χ3v) is 13.3. The van der Waals surface area contributed by atoms with Crippen molar-refractivity contribution in [3.05, 3.63) is 11.6 Å². The van der Waals surface area contributed by atoms with Crippen molar-refractivity contribution in [2.24, 2.45) is 50.2 Å². The van der Waals surface area contributed by atoms with E-state index in [1.54, 1.807) is 5.57 Å². The van der Waals surface area contributed by atoms with Crippen LogP contribution in [0.3, 0.4) is 0 Å². The van der Waals surface area contributed by atoms with E-state index in [0.717, 1.165) is 18.8 Å². The van der Waals surface area contributed by atoms with Crippen molar-refractivity contribution in [1.82, 2.24) is 0 Å². The second kappa shape index (κ2) is 6.87. The van der Waals surface area contributed by atoms with Crippen LogP contribution in [0.4, 0.5) is 0 Å². The smallest absolute Gasteiger partial charge is 0.0618 e. The van der Waals surface area contributed by atoms with E-state index in [2.05, 4.69) is 54.5 Å². The van der Waals surface area contributed by atoms with Crippen LogP contribution < -0.4 is 0 Å². The molecule has 182 valence electrons. The minimum Gasteiger partial charge on any atom is -0.396 e. The van der Waals surface area contributed by atoms with Crippen LogP contribution in [-0.4, -0.2) is 22.9 Å². The van der Waals surface area contributed by atoms with Crippen LogP contribution in [0.1, 0.15) is 113 Å². The average Bonchev–Trinajstić information content (AvgIpc) is 2.72. The van der Waals surface area contributed by atoms with Crippen LogP contribution in [0.2, 0.25) is 0 Å². The van der Waals surface area contributed by atoms with Crippen LogP contribution in [-0.2, 0) is 0 Å². The fourth-order valence-electron chi connectivity index (χ4n) is 11.0. The number of aliphatic hydroxyl groups is 2. The molecule has 5 aliphatic rings. The lowest BCUT2D eigenvalue weighted by Crippen LogP contribution is -2.67. The number of rotatable bonds is 1. The molecule has 2 N–H and O–H groups in total. The molecule has 0 amide bonds. The largest absolute Gasteiger partial charge is 0.396 e. The summed E-state index contributed by atoms with van der Waals surface area (Å²) in [6, 6.07) is 0. The molecule has 32 heavy (non-hydrogen) atoms. The monoisotopic (exact) mass is 442 g/mol. The summed E-state index contributed by atoms with van der Waals surface area (Å²) in [6.45, 7) is 17.8. The molecule has 9 atom stereocenters. The van der Waals surface area contributed by atoms with Gasteiger partial charge in [-0.3, -0.25) is 0 Å². The summed E-state index contributed by atoms with van der Waals surface area (Å²) in [4.78, 5) is 0. The molecule has 5 aliphatic carbocycles. The van der Waals surface area contributed by atoms with Gasteiger partial charge in [0.25, 0.3) is 0 Å². The molecular weight excluding hydrogens is 392 g/mol. The minimum atomic E-state index is -0.355. The lowest BCUT2D eigenvalue weighted by Gasteiger charge is -2.73. The van der Waals surface area contributed by atoms with Gasteiger partial charge in [-0.15, -0.1) is 0 Å². The van der Waals surface area contributed by atoms with E-state index in [9.17, 15) is 10.2 Å². The van der Waals surface area contributed by atoms with E-state index in [1.165, 1.54) is 51.4 Å². The van der Waals surface area contributed by atoms with Gasteiger partial charge >= 0.3 is 0 Å². The van der Waals surface area contributed by atoms with Crippen molar-refractivity contribution in [2.75, 3.05) is 6.61 Å². The molecule has 0 heterocycles. The minimum absolute atomic E-state index is 0.123. The second-order valence-corrected chi connectivity index (χ2v) is 15.0. The molecule has 0 aromatic heterocycles. The Labute approximate surface area is 197 Å². The topological polar surface area (TPSA) is 40.5 Å². The number of hydrogen-bond acceptors (Lipinski definition) is 2. The van der Waals surface area contributed by atoms with E-state index in [4.69, 9.17) is 0 Å². The number of fused-ring (bicyclic) bond motifs is 7. The van der Waals surface area contributed by atoms with Gasteiger partial charge in [0, 0.05) is 5.41 Å². The van der Waals surface area contributed by atoms with Crippen LogP contribution in [0.15, 0.2) is 11.6 Å². The predicted molar refractivity (Wildman–Crippen MR) is 132 cm³/mol. The van der Waals surface area contributed by atoms with Gasteiger partial charge in [-0.05, 0) is 109 Å². The zero-order valence-electron chi connectivity index (χ0n) is 22.1. The summed E-state index contributed by atoms with van der Waals surface area (Å²) in [5.74, 6) is 1.93. The summed E-state index contributed by atoms with van der Waals surface area (Å²) in [7, 11) is 0. The van der Waals surface area contributed by atoms with Crippen molar-refractivity contribution >= 4 is 0 Å². The molecule has 5 rings (SSSR count). The highest BCUT2D eigenvalue weighted by molar-refractivity contribution is 5.29. The van der Waals surface area contributed by atoms with Crippen molar-refractivity contribution in [2.45, 2.75) is 119 Å². The van der Waals surface area contributed by atoms with Crippen molar-refractivity contribution in [1.29, 1.82) is 0 Å². The molecule has 4 saturated carbocycles. The number of aliphatic hydroxyl groups excluding tert-OH is 2. The fraction of sp³-hybridized carbons (Fsp3) is 0.933. The Morgan fingerprint density at radius 2 is 1.47 bits per heavy atom. The Balaban J connectivity index is 1.55. The molecule has 0 spiro atoms. The van der Waals surface area contributed by atoms with Crippen LogP contribution >= 0.6 is 0 Å². The first-order valence-electron chi connectivity index (χ1n) is 13.8. The van der Waals surface area contributed by atoms with E-state index >= 15 is 0 Å². The van der Waals surface area contributed by atoms with Gasteiger partial charge < -0.3 is 10.2 Å². The zero-order chi connectivity index (χ0) is 23.4. The predicted octanol–water partition coefficient (Wildman–Crippen LogP) is 7.14. The molecule has 0 radical (unpaired) electrons. The van der Waals surface area contributed by atoms with E-state index < -0.39 is 0 Å². The van der Waals surface area contributed by atoms with Gasteiger partial charge in [0.15, 0.2) is 0 Å². The van der Waals surface area contributed by atoms with Gasteiger partial charge in [-0.25, -0.2) is 0 Å². The van der Waals surface area contributed by atoms with E-state index in [-0.39, 0.29) is 23.5 Å². The summed E-state index contributed by atoms with van der Waals surface area (Å²) in [6.07, 6.45) is 14.7. The molecule has 2 heteroatoms. The Kier molecular flexibility index (Phi) is 5.02. The molecule has 4 fully saturated rings. The van der Waals surface area contributed by atoms with Crippen LogP contribution in [0.5, 0.6) is 0 Å². The van der Waals surface area contributed by atoms with E-state index in [1.807, 2.05) is 0 Å². The summed E-state index contributed by atoms with van der Waals surface area (Å²) < 4.78 is 0. The standard InChI is InChI=1S/C30H50O2/c1-25(2)16-17-26(3)20(18-25)10-14-29(6)22(26)8-9-23-27(4)13-12-24(32)28(5,19-31)21(27)11-15-30(23,29)7/h10,21-24,31-32H,8-9,11-19H2,1-7H3. The highest BCUT2D eigenvalue weighted by Gasteiger charge is 2.69. The lowest BCUT2D eigenvalue weighted by molar-refractivity contribution is -0.244. The molecule has 0 aromatic carbocycles. The van der Waals surface area contributed by atoms with Gasteiger partial charge in [0.1, 0.15) is 0 Å². The van der Waals surface area contributed by atoms with Gasteiger partial charge in [0.05, 0.1) is 12.7 Å². The molecule has 9 unspecified atom stereocenters. The highest BCUT2D eigenvalue weighted by atomic mass is 16.3. The van der Waals surface area contributed by atoms with E-state index in [0.29, 0.717) is 33.5 Å². The third-order valence-electron chi connectivity index (χ3n) is 13.3. The molecule has 2 nitrogen and oxygen atoms in total. The van der Waals surface area contributed by atoms with Crippen molar-refractivity contribution < 1.29 is 10.2 Å². The Bertz CT molecular complexity index is 814. The average molecular weight is 443 g/mol. The molecule has 0 aliphatic heterocycles. The quantitative estimate of drug-likeness (QED) is 0.424. The van der Waals surface area contributed by atoms with Crippen LogP contribution in [0.25, 0.3) is 0 Å². The summed E-state index contributed by atoms with van der Waals surface area (Å²) in [5, 5.41) is 21.3. The molecular formula is C30H50O2. The summed E-state index contributed by atoms with van der Waals surface area (Å²) in [5.41, 5.74) is 3.23. The van der Waals surface area contributed by atoms with Crippen LogP contribution in [0, 0.1) is 50.2 Å². The zero-order valence-corrected chi connectivity index (χ0v) is 22.1. The molecule has 0 saturated heterocycles. The fourth-order valence-corrected chi connectivity index (χ4v) is 11.0. The number of allylic oxidation sites excluding steroid dienone is 2. The van der Waals surface area contributed by atoms with Crippen molar-refractivity contribution in [3.8, 4) is 0 Å². The Morgan fingerprint density at radius 3 is 2.16 bits per heavy atom. The van der Waals surface area contributed by atoms with Crippen molar-refractivity contribution in [3.63, 3.8) is 0 Å². The van der Waals surface area contributed by atoms with Gasteiger partial charge in [-0.2, -0.15) is 0 Å². The summed E-state index contributed by atoms with van der Waals surface area (Å²) >= 11 is 0. The maximum Gasteiger partial charge on any atom is 0.0618 e. The first kappa shape index (κ1) is 23.4. The normalized spacial score (nSPS) is 56.8. The first-order chi connectivity index (χ1) is 14.8. The highest BCUT2D eigenvalue weighted by Crippen LogP contribution is 2.76. The Hall–Kier alpha value is -0.340. The SMILES string of the molecule is CC1(C)CCC2(C)C(=CCC3(C)C2CCC2C4(C)CCC(O)C(C)(CO)C4CCC23C)C1. The Morgan fingerprint density at radius 1 is 0.781 bits per heavy atom.